The van der Waals surface area contributed by atoms with Gasteiger partial charge in [-0.1, -0.05) is 41.4 Å². The van der Waals surface area contributed by atoms with Crippen molar-refractivity contribution >= 4 is 28.0 Å². The van der Waals surface area contributed by atoms with Gasteiger partial charge in [-0.2, -0.15) is 15.4 Å². The molecule has 5 N–H and O–H groups in total. The van der Waals surface area contributed by atoms with Crippen molar-refractivity contribution in [3.63, 3.8) is 0 Å². The fourth-order valence-corrected chi connectivity index (χ4v) is 3.17. The van der Waals surface area contributed by atoms with Crippen LogP contribution in [0, 0.1) is 0 Å². The van der Waals surface area contributed by atoms with Crippen molar-refractivity contribution in [3.8, 4) is 0 Å². The van der Waals surface area contributed by atoms with Crippen molar-refractivity contribution in [2.75, 3.05) is 0 Å². The molecular formula is C20H20N7O+. The Labute approximate surface area is 161 Å². The summed E-state index contributed by atoms with van der Waals surface area (Å²) < 4.78 is 1.57. The zero-order chi connectivity index (χ0) is 19.7. The van der Waals surface area contributed by atoms with E-state index in [0.29, 0.717) is 11.6 Å². The highest BCUT2D eigenvalue weighted by Gasteiger charge is 2.25. The molecule has 28 heavy (non-hydrogen) atoms. The van der Waals surface area contributed by atoms with Crippen LogP contribution in [0.2, 0.25) is 0 Å². The van der Waals surface area contributed by atoms with Gasteiger partial charge in [0.1, 0.15) is 17.6 Å². The highest BCUT2D eigenvalue weighted by atomic mass is 16.3. The summed E-state index contributed by atoms with van der Waals surface area (Å²) in [7, 11) is 0. The minimum Gasteiger partial charge on any atom is -0.387 e. The fraction of sp³-hybridized carbons (Fsp3) is 0.100. The minimum absolute atomic E-state index is 0.243. The number of rotatable bonds is 5. The molecule has 4 rings (SSSR count). The molecule has 0 bridgehead atoms. The van der Waals surface area contributed by atoms with E-state index in [-0.39, 0.29) is 12.4 Å². The number of fused-ring (bicyclic) bond motifs is 1. The van der Waals surface area contributed by atoms with Crippen LogP contribution in [0.25, 0.3) is 28.0 Å². The molecule has 2 aromatic carbocycles. The van der Waals surface area contributed by atoms with Crippen LogP contribution in [0.1, 0.15) is 29.7 Å². The van der Waals surface area contributed by atoms with Gasteiger partial charge >= 0.3 is 0 Å². The number of nitrogens with zero attached hydrogens (tertiary/aromatic N) is 4. The van der Waals surface area contributed by atoms with Gasteiger partial charge in [0, 0.05) is 0 Å². The molecule has 4 aromatic rings. The van der Waals surface area contributed by atoms with Crippen molar-refractivity contribution in [2.24, 2.45) is 5.73 Å². The van der Waals surface area contributed by atoms with Crippen LogP contribution in [0.15, 0.2) is 55.1 Å². The first kappa shape index (κ1) is 17.6. The second kappa shape index (κ2) is 7.09. The fourth-order valence-electron chi connectivity index (χ4n) is 3.17. The maximum atomic E-state index is 9.56. The Kier molecular flexibility index (Phi) is 4.46. The molecule has 0 fully saturated rings. The number of H-pyrrole nitrogens is 2. The van der Waals surface area contributed by atoms with Gasteiger partial charge in [0.25, 0.3) is 5.82 Å². The predicted octanol–water partition coefficient (Wildman–Crippen LogP) is 1.83. The quantitative estimate of drug-likeness (QED) is 0.314. The molecule has 0 amide bonds. The molecule has 140 valence electrons. The number of aliphatic hydroxyl groups excluding tert-OH is 1. The molecular weight excluding hydrogens is 354 g/mol. The summed E-state index contributed by atoms with van der Waals surface area (Å²) in [6.45, 7) is 5.60. The number of benzene rings is 2. The summed E-state index contributed by atoms with van der Waals surface area (Å²) in [5.74, 6) is 1.21. The van der Waals surface area contributed by atoms with E-state index in [9.17, 15) is 5.11 Å². The SMILES string of the molecule is C=C(N)[n+]1[nH]c(CO)nc1C(=C(C)c1ccccc1)c1ccc2n[nH]nc2c1. The third-order valence-corrected chi connectivity index (χ3v) is 4.54. The van der Waals surface area contributed by atoms with Gasteiger partial charge in [-0.05, 0) is 42.3 Å². The Balaban J connectivity index is 2.02. The van der Waals surface area contributed by atoms with Gasteiger partial charge in [0.2, 0.25) is 11.6 Å². The first-order chi connectivity index (χ1) is 13.6. The van der Waals surface area contributed by atoms with Crippen LogP contribution < -0.4 is 10.4 Å². The van der Waals surface area contributed by atoms with Crippen molar-refractivity contribution in [1.29, 1.82) is 0 Å². The highest BCUT2D eigenvalue weighted by Crippen LogP contribution is 2.31. The average molecular weight is 374 g/mol. The van der Waals surface area contributed by atoms with Gasteiger partial charge in [0.15, 0.2) is 0 Å². The lowest BCUT2D eigenvalue weighted by Crippen LogP contribution is -2.41. The Morgan fingerprint density at radius 2 is 1.86 bits per heavy atom. The Bertz CT molecular complexity index is 1190. The monoisotopic (exact) mass is 374 g/mol. The molecule has 8 nitrogen and oxygen atoms in total. The molecule has 0 unspecified atom stereocenters. The lowest BCUT2D eigenvalue weighted by atomic mass is 9.94. The van der Waals surface area contributed by atoms with E-state index in [2.05, 4.69) is 32.1 Å². The summed E-state index contributed by atoms with van der Waals surface area (Å²) in [6.07, 6.45) is 0. The van der Waals surface area contributed by atoms with Gasteiger partial charge in [-0.25, -0.2) is 5.10 Å². The number of hydrogen-bond donors (Lipinski definition) is 4. The molecule has 0 aliphatic rings. The Morgan fingerprint density at radius 1 is 1.11 bits per heavy atom. The number of aromatic amines is 2. The second-order valence-electron chi connectivity index (χ2n) is 6.37. The summed E-state index contributed by atoms with van der Waals surface area (Å²) in [5, 5.41) is 23.5. The standard InChI is InChI=1S/C20H19N7O/c1-12(14-6-4-3-5-7-14)19(15-8-9-16-17(10-15)24-26-23-16)20-22-18(11-28)25-27(20)13(2)21/h3-10,28H,2,11,21H2,1H3,(H,23,24,26)/p+1. The highest BCUT2D eigenvalue weighted by molar-refractivity contribution is 5.97. The van der Waals surface area contributed by atoms with E-state index in [4.69, 9.17) is 5.73 Å². The minimum atomic E-state index is -0.243. The largest absolute Gasteiger partial charge is 0.387 e. The van der Waals surface area contributed by atoms with E-state index in [0.717, 1.165) is 33.3 Å². The number of allylic oxidation sites excluding steroid dienone is 1. The molecule has 0 saturated carbocycles. The molecule has 0 atom stereocenters. The van der Waals surface area contributed by atoms with Crippen molar-refractivity contribution in [2.45, 2.75) is 13.5 Å². The number of nitrogens with one attached hydrogen (secondary N) is 2. The van der Waals surface area contributed by atoms with E-state index >= 15 is 0 Å². The van der Waals surface area contributed by atoms with Crippen molar-refractivity contribution < 1.29 is 9.79 Å². The van der Waals surface area contributed by atoms with E-state index in [1.807, 2.05) is 55.5 Å². The number of aromatic nitrogens is 6. The van der Waals surface area contributed by atoms with Crippen LogP contribution in [0.3, 0.4) is 0 Å². The molecule has 2 heterocycles. The van der Waals surface area contributed by atoms with Gasteiger partial charge in [-0.3, -0.25) is 0 Å². The Hall–Kier alpha value is -3.78. The lowest BCUT2D eigenvalue weighted by Gasteiger charge is -2.10. The molecule has 0 aliphatic heterocycles. The Morgan fingerprint density at radius 3 is 2.57 bits per heavy atom. The number of hydrogen-bond acceptors (Lipinski definition) is 5. The van der Waals surface area contributed by atoms with Crippen LogP contribution in [-0.4, -0.2) is 30.6 Å². The third-order valence-electron chi connectivity index (χ3n) is 4.54. The van der Waals surface area contributed by atoms with Crippen molar-refractivity contribution in [3.05, 3.63) is 77.9 Å². The first-order valence-corrected chi connectivity index (χ1v) is 8.72. The molecule has 2 aromatic heterocycles. The third kappa shape index (κ3) is 3.06. The van der Waals surface area contributed by atoms with Crippen LogP contribution in [-0.2, 0) is 6.61 Å². The van der Waals surface area contributed by atoms with Crippen LogP contribution in [0.5, 0.6) is 0 Å². The average Bonchev–Trinajstić information content (AvgIpc) is 3.35. The van der Waals surface area contributed by atoms with Crippen molar-refractivity contribution in [1.82, 2.24) is 25.5 Å². The summed E-state index contributed by atoms with van der Waals surface area (Å²) in [4.78, 5) is 4.56. The normalized spacial score (nSPS) is 12.2. The smallest absolute Gasteiger partial charge is 0.295 e. The van der Waals surface area contributed by atoms with Crippen LogP contribution in [0.4, 0.5) is 0 Å². The van der Waals surface area contributed by atoms with Gasteiger partial charge < -0.3 is 10.8 Å². The summed E-state index contributed by atoms with van der Waals surface area (Å²) in [5.41, 5.74) is 11.3. The van der Waals surface area contributed by atoms with E-state index in [1.165, 1.54) is 0 Å². The number of nitrogens with two attached hydrogens (primary N) is 1. The number of aliphatic hydroxyl groups is 1. The molecule has 0 spiro atoms. The van der Waals surface area contributed by atoms with Gasteiger partial charge in [-0.15, -0.1) is 4.68 Å². The maximum absolute atomic E-state index is 9.56. The molecule has 0 radical (unpaired) electrons. The van der Waals surface area contributed by atoms with E-state index < -0.39 is 0 Å². The lowest BCUT2D eigenvalue weighted by molar-refractivity contribution is -0.646. The second-order valence-corrected chi connectivity index (χ2v) is 6.37. The van der Waals surface area contributed by atoms with E-state index in [1.54, 1.807) is 4.68 Å². The maximum Gasteiger partial charge on any atom is 0.295 e. The molecule has 8 heteroatoms. The molecule has 0 aliphatic carbocycles. The summed E-state index contributed by atoms with van der Waals surface area (Å²) >= 11 is 0. The van der Waals surface area contributed by atoms with Gasteiger partial charge in [0.05, 0.1) is 5.57 Å². The zero-order valence-electron chi connectivity index (χ0n) is 15.3. The predicted molar refractivity (Wildman–Crippen MR) is 106 cm³/mol. The van der Waals surface area contributed by atoms with Crippen LogP contribution >= 0.6 is 0 Å². The zero-order valence-corrected chi connectivity index (χ0v) is 15.3. The topological polar surface area (TPSA) is 120 Å². The first-order valence-electron chi connectivity index (χ1n) is 8.72. The molecule has 0 saturated heterocycles. The summed E-state index contributed by atoms with van der Waals surface area (Å²) in [6, 6.07) is 15.8.